The standard InChI is InChI=1S/C19H20N4O3S.ClH/c24-19(22-15-4-3-11-20-12-15)13-7-9-14(10-8-13)21-18-16-5-1-2-6-17(16)27(25,26)23-18;/h1-2,5-10,15,20H,3-4,11-12H2,(H,21,23)(H,22,24);1H. The molecule has 2 aliphatic rings. The third kappa shape index (κ3) is 4.19. The number of amidine groups is 1. The molecule has 1 atom stereocenters. The Hall–Kier alpha value is -2.42. The quantitative estimate of drug-likeness (QED) is 0.706. The van der Waals surface area contributed by atoms with Gasteiger partial charge in [-0.25, -0.2) is 0 Å². The topological polar surface area (TPSA) is 99.7 Å². The lowest BCUT2D eigenvalue weighted by Gasteiger charge is -2.23. The average Bonchev–Trinajstić information content (AvgIpc) is 2.94. The van der Waals surface area contributed by atoms with Crippen molar-refractivity contribution in [3.05, 3.63) is 59.7 Å². The fourth-order valence-corrected chi connectivity index (χ4v) is 4.46. The molecule has 0 bridgehead atoms. The second kappa shape index (κ2) is 8.30. The van der Waals surface area contributed by atoms with Gasteiger partial charge in [-0.15, -0.1) is 16.8 Å². The zero-order valence-corrected chi connectivity index (χ0v) is 16.6. The fourth-order valence-electron chi connectivity index (χ4n) is 3.28. The van der Waals surface area contributed by atoms with Crippen LogP contribution >= 0.6 is 12.4 Å². The second-order valence-electron chi connectivity index (χ2n) is 6.63. The zero-order chi connectivity index (χ0) is 18.9. The van der Waals surface area contributed by atoms with E-state index in [4.69, 9.17) is 0 Å². The van der Waals surface area contributed by atoms with E-state index in [0.29, 0.717) is 16.8 Å². The van der Waals surface area contributed by atoms with Gasteiger partial charge in [0, 0.05) is 29.4 Å². The van der Waals surface area contributed by atoms with Crippen molar-refractivity contribution in [3.63, 3.8) is 0 Å². The summed E-state index contributed by atoms with van der Waals surface area (Å²) < 4.78 is 28.0. The predicted octanol–water partition coefficient (Wildman–Crippen LogP) is 2.15. The summed E-state index contributed by atoms with van der Waals surface area (Å²) >= 11 is 0. The molecule has 1 unspecified atom stereocenters. The number of nitrogens with zero attached hydrogens (tertiary/aromatic N) is 1. The molecule has 9 heteroatoms. The largest absolute Gasteiger partial charge is 0.348 e. The van der Waals surface area contributed by atoms with Gasteiger partial charge in [-0.1, -0.05) is 12.1 Å². The zero-order valence-electron chi connectivity index (χ0n) is 15.0. The normalized spacial score (nSPS) is 19.7. The van der Waals surface area contributed by atoms with Crippen LogP contribution in [-0.2, 0) is 10.0 Å². The summed E-state index contributed by atoms with van der Waals surface area (Å²) in [6.07, 6.45) is 2.03. The van der Waals surface area contributed by atoms with Gasteiger partial charge < -0.3 is 16.0 Å². The van der Waals surface area contributed by atoms with Gasteiger partial charge in [-0.3, -0.25) is 4.79 Å². The van der Waals surface area contributed by atoms with Crippen LogP contribution in [0.15, 0.2) is 57.8 Å². The summed E-state index contributed by atoms with van der Waals surface area (Å²) in [7, 11) is -3.66. The number of hydrogen-bond acceptors (Lipinski definition) is 5. The molecule has 7 nitrogen and oxygen atoms in total. The van der Waals surface area contributed by atoms with Crippen molar-refractivity contribution < 1.29 is 13.2 Å². The van der Waals surface area contributed by atoms with Gasteiger partial charge >= 0.3 is 0 Å². The van der Waals surface area contributed by atoms with E-state index < -0.39 is 10.0 Å². The van der Waals surface area contributed by atoms with Crippen LogP contribution in [0.5, 0.6) is 0 Å². The molecule has 2 aromatic rings. The minimum absolute atomic E-state index is 0. The van der Waals surface area contributed by atoms with E-state index >= 15 is 0 Å². The highest BCUT2D eigenvalue weighted by atomic mass is 35.5. The maximum atomic E-state index is 12.4. The molecule has 2 aliphatic heterocycles. The second-order valence-corrected chi connectivity index (χ2v) is 8.20. The minimum Gasteiger partial charge on any atom is -0.348 e. The molecular formula is C19H21ClN4O3S. The number of anilines is 1. The number of hydrogen-bond donors (Lipinski definition) is 3. The maximum Gasteiger partial charge on any atom is 0.285 e. The Labute approximate surface area is 170 Å². The molecule has 3 N–H and O–H groups in total. The molecule has 1 saturated heterocycles. The van der Waals surface area contributed by atoms with Crippen molar-refractivity contribution in [2.45, 2.75) is 23.8 Å². The van der Waals surface area contributed by atoms with Crippen LogP contribution in [-0.4, -0.2) is 39.3 Å². The van der Waals surface area contributed by atoms with Crippen molar-refractivity contribution >= 4 is 39.9 Å². The molecule has 2 heterocycles. The molecule has 0 aromatic heterocycles. The van der Waals surface area contributed by atoms with Crippen molar-refractivity contribution in [1.82, 2.24) is 10.6 Å². The molecule has 0 radical (unpaired) electrons. The van der Waals surface area contributed by atoms with E-state index in [0.717, 1.165) is 25.9 Å². The lowest BCUT2D eigenvalue weighted by molar-refractivity contribution is 0.0930. The number of piperidine rings is 1. The lowest BCUT2D eigenvalue weighted by atomic mass is 10.1. The average molecular weight is 421 g/mol. The van der Waals surface area contributed by atoms with Crippen molar-refractivity contribution in [2.75, 3.05) is 18.4 Å². The number of fused-ring (bicyclic) bond motifs is 1. The summed E-state index contributed by atoms with van der Waals surface area (Å²) in [6.45, 7) is 1.79. The number of rotatable bonds is 3. The number of carbonyl (C=O) groups is 1. The summed E-state index contributed by atoms with van der Waals surface area (Å²) in [5.41, 5.74) is 1.77. The Morgan fingerprint density at radius 2 is 1.86 bits per heavy atom. The molecule has 0 spiro atoms. The van der Waals surface area contributed by atoms with Gasteiger partial charge in [0.2, 0.25) is 0 Å². The number of sulfonamides is 1. The van der Waals surface area contributed by atoms with Crippen LogP contribution in [0.3, 0.4) is 0 Å². The Kier molecular flexibility index (Phi) is 6.02. The fraction of sp³-hybridized carbons (Fsp3) is 0.263. The summed E-state index contributed by atoms with van der Waals surface area (Å²) in [6, 6.07) is 13.7. The van der Waals surface area contributed by atoms with Crippen LogP contribution in [0.1, 0.15) is 28.8 Å². The molecule has 0 aliphatic carbocycles. The van der Waals surface area contributed by atoms with Crippen LogP contribution in [0, 0.1) is 0 Å². The first kappa shape index (κ1) is 20.3. The van der Waals surface area contributed by atoms with Gasteiger partial charge in [-0.2, -0.15) is 8.42 Å². The molecule has 1 amide bonds. The van der Waals surface area contributed by atoms with E-state index in [2.05, 4.69) is 20.3 Å². The first-order chi connectivity index (χ1) is 13.0. The van der Waals surface area contributed by atoms with Gasteiger partial charge in [0.05, 0.1) is 0 Å². The van der Waals surface area contributed by atoms with E-state index in [1.54, 1.807) is 42.5 Å². The molecule has 4 rings (SSSR count). The number of nitrogens with one attached hydrogen (secondary N) is 3. The summed E-state index contributed by atoms with van der Waals surface area (Å²) in [5.74, 6) is 0.178. The van der Waals surface area contributed by atoms with Gasteiger partial charge in [0.15, 0.2) is 5.84 Å². The summed E-state index contributed by atoms with van der Waals surface area (Å²) in [4.78, 5) is 12.6. The minimum atomic E-state index is -3.66. The van der Waals surface area contributed by atoms with E-state index in [1.807, 2.05) is 0 Å². The highest BCUT2D eigenvalue weighted by Gasteiger charge is 2.28. The Bertz CT molecular complexity index is 1000. The highest BCUT2D eigenvalue weighted by Crippen LogP contribution is 2.26. The Balaban J connectivity index is 0.00000225. The third-order valence-electron chi connectivity index (χ3n) is 4.67. The number of amides is 1. The van der Waals surface area contributed by atoms with Crippen LogP contribution < -0.4 is 16.0 Å². The van der Waals surface area contributed by atoms with Crippen molar-refractivity contribution in [3.8, 4) is 0 Å². The molecule has 148 valence electrons. The van der Waals surface area contributed by atoms with Gasteiger partial charge in [0.25, 0.3) is 15.9 Å². The molecule has 28 heavy (non-hydrogen) atoms. The van der Waals surface area contributed by atoms with Crippen LogP contribution in [0.25, 0.3) is 0 Å². The maximum absolute atomic E-state index is 12.4. The lowest BCUT2D eigenvalue weighted by Crippen LogP contribution is -2.45. The number of benzene rings is 2. The van der Waals surface area contributed by atoms with E-state index in [1.165, 1.54) is 6.07 Å². The highest BCUT2D eigenvalue weighted by molar-refractivity contribution is 7.90. The monoisotopic (exact) mass is 420 g/mol. The Morgan fingerprint density at radius 1 is 1.11 bits per heavy atom. The molecule has 2 aromatic carbocycles. The van der Waals surface area contributed by atoms with Crippen molar-refractivity contribution in [2.24, 2.45) is 4.40 Å². The van der Waals surface area contributed by atoms with Crippen LogP contribution in [0.4, 0.5) is 5.69 Å². The third-order valence-corrected chi connectivity index (χ3v) is 6.01. The number of halogens is 1. The van der Waals surface area contributed by atoms with Crippen LogP contribution in [0.2, 0.25) is 0 Å². The molecule has 0 saturated carbocycles. The van der Waals surface area contributed by atoms with Crippen molar-refractivity contribution in [1.29, 1.82) is 0 Å². The smallest absolute Gasteiger partial charge is 0.285 e. The van der Waals surface area contributed by atoms with E-state index in [-0.39, 0.29) is 35.1 Å². The Morgan fingerprint density at radius 3 is 2.57 bits per heavy atom. The molecule has 1 fully saturated rings. The first-order valence-corrected chi connectivity index (χ1v) is 10.3. The van der Waals surface area contributed by atoms with E-state index in [9.17, 15) is 13.2 Å². The molecular weight excluding hydrogens is 400 g/mol. The first-order valence-electron chi connectivity index (χ1n) is 8.86. The number of carbonyl (C=O) groups excluding carboxylic acids is 1. The van der Waals surface area contributed by atoms with Gasteiger partial charge in [-0.05, 0) is 55.8 Å². The van der Waals surface area contributed by atoms with Gasteiger partial charge in [0.1, 0.15) is 4.90 Å². The summed E-state index contributed by atoms with van der Waals surface area (Å²) in [5, 5.41) is 9.32. The SMILES string of the molecule is Cl.O=C(NC1CCCNC1)c1ccc(NC2=NS(=O)(=O)c3ccccc32)cc1. The predicted molar refractivity (Wildman–Crippen MR) is 111 cm³/mol.